The smallest absolute Gasteiger partial charge is 0.493 e. The van der Waals surface area contributed by atoms with Crippen molar-refractivity contribution in [2.45, 2.75) is 24.8 Å². The van der Waals surface area contributed by atoms with Gasteiger partial charge in [0.1, 0.15) is 0 Å². The molecule has 0 bridgehead atoms. The van der Waals surface area contributed by atoms with Gasteiger partial charge in [0.2, 0.25) is 0 Å². The van der Waals surface area contributed by atoms with E-state index in [0.29, 0.717) is 12.2 Å². The number of halogens is 3. The number of hydrogen-bond acceptors (Lipinski definition) is 7. The summed E-state index contributed by atoms with van der Waals surface area (Å²) in [5.41, 5.74) is -5.82. The van der Waals surface area contributed by atoms with Crippen molar-refractivity contribution in [1.29, 1.82) is 0 Å². The van der Waals surface area contributed by atoms with Crippen LogP contribution in [0.3, 0.4) is 0 Å². The first kappa shape index (κ1) is 20.0. The fraction of sp³-hybridized carbons (Fsp3) is 0.375. The molecular weight excluding hydrogens is 405 g/mol. The number of aromatic nitrogens is 2. The van der Waals surface area contributed by atoms with Gasteiger partial charge in [-0.15, -0.1) is 5.10 Å². The SMILES string of the molecule is COc1ccc(-n2nc(OS(=O)(=O)C(F)(F)F)c3c(c2=O)CCC3)cc1OC. The van der Waals surface area contributed by atoms with Gasteiger partial charge in [-0.25, -0.2) is 0 Å². The summed E-state index contributed by atoms with van der Waals surface area (Å²) in [5, 5.41) is 3.75. The van der Waals surface area contributed by atoms with Crippen LogP contribution in [0, 0.1) is 0 Å². The average molecular weight is 420 g/mol. The third-order valence-corrected chi connectivity index (χ3v) is 5.15. The van der Waals surface area contributed by atoms with Gasteiger partial charge in [0, 0.05) is 17.2 Å². The third-order valence-electron chi connectivity index (χ3n) is 4.20. The number of alkyl halides is 3. The van der Waals surface area contributed by atoms with Crippen LogP contribution in [0.5, 0.6) is 17.4 Å². The Bertz CT molecular complexity index is 1080. The lowest BCUT2D eigenvalue weighted by Gasteiger charge is -2.15. The fourth-order valence-corrected chi connectivity index (χ4v) is 3.33. The van der Waals surface area contributed by atoms with Gasteiger partial charge in [0.25, 0.3) is 11.4 Å². The molecule has 0 aliphatic heterocycles. The molecule has 1 aromatic heterocycles. The minimum absolute atomic E-state index is 0.0644. The van der Waals surface area contributed by atoms with E-state index in [0.717, 1.165) is 4.68 Å². The third kappa shape index (κ3) is 3.39. The van der Waals surface area contributed by atoms with Crippen molar-refractivity contribution in [3.63, 3.8) is 0 Å². The quantitative estimate of drug-likeness (QED) is 0.539. The van der Waals surface area contributed by atoms with E-state index in [1.165, 1.54) is 32.4 Å². The van der Waals surface area contributed by atoms with Crippen LogP contribution in [0.2, 0.25) is 0 Å². The monoisotopic (exact) mass is 420 g/mol. The number of methoxy groups -OCH3 is 2. The van der Waals surface area contributed by atoms with E-state index in [1.54, 1.807) is 0 Å². The molecule has 0 saturated heterocycles. The van der Waals surface area contributed by atoms with Crippen LogP contribution in [0.4, 0.5) is 13.2 Å². The van der Waals surface area contributed by atoms with Crippen LogP contribution in [0.25, 0.3) is 5.69 Å². The van der Waals surface area contributed by atoms with Crippen molar-refractivity contribution >= 4 is 10.1 Å². The van der Waals surface area contributed by atoms with Crippen molar-refractivity contribution in [2.24, 2.45) is 0 Å². The molecule has 0 spiro atoms. The van der Waals surface area contributed by atoms with Gasteiger partial charge in [-0.2, -0.15) is 26.3 Å². The zero-order chi connectivity index (χ0) is 20.7. The van der Waals surface area contributed by atoms with E-state index < -0.39 is 27.1 Å². The highest BCUT2D eigenvalue weighted by Gasteiger charge is 2.49. The van der Waals surface area contributed by atoms with E-state index in [2.05, 4.69) is 9.28 Å². The summed E-state index contributed by atoms with van der Waals surface area (Å²) in [6.07, 6.45) is 0.921. The summed E-state index contributed by atoms with van der Waals surface area (Å²) in [4.78, 5) is 12.7. The molecule has 1 aliphatic rings. The van der Waals surface area contributed by atoms with Crippen molar-refractivity contribution in [2.75, 3.05) is 14.2 Å². The second kappa shape index (κ2) is 7.00. The van der Waals surface area contributed by atoms with Crippen LogP contribution in [0.15, 0.2) is 23.0 Å². The Kier molecular flexibility index (Phi) is 5.00. The molecule has 28 heavy (non-hydrogen) atoms. The van der Waals surface area contributed by atoms with E-state index in [-0.39, 0.29) is 35.4 Å². The van der Waals surface area contributed by atoms with Crippen LogP contribution >= 0.6 is 0 Å². The lowest BCUT2D eigenvalue weighted by molar-refractivity contribution is -0.0502. The van der Waals surface area contributed by atoms with E-state index in [4.69, 9.17) is 9.47 Å². The van der Waals surface area contributed by atoms with Crippen LogP contribution in [-0.4, -0.2) is 37.9 Å². The molecule has 152 valence electrons. The molecular formula is C16H15F3N2O6S. The molecule has 1 heterocycles. The molecule has 0 radical (unpaired) electrons. The fourth-order valence-electron chi connectivity index (χ4n) is 2.89. The van der Waals surface area contributed by atoms with Crippen LogP contribution in [-0.2, 0) is 23.0 Å². The zero-order valence-corrected chi connectivity index (χ0v) is 15.6. The molecule has 0 unspecified atom stereocenters. The predicted molar refractivity (Wildman–Crippen MR) is 90.6 cm³/mol. The highest BCUT2D eigenvalue weighted by atomic mass is 32.2. The molecule has 0 atom stereocenters. The average Bonchev–Trinajstić information content (AvgIpc) is 3.13. The van der Waals surface area contributed by atoms with Gasteiger partial charge in [0.05, 0.1) is 19.9 Å². The molecule has 12 heteroatoms. The maximum absolute atomic E-state index is 12.7. The second-order valence-corrected chi connectivity index (χ2v) is 7.39. The summed E-state index contributed by atoms with van der Waals surface area (Å²) < 4.78 is 76.3. The van der Waals surface area contributed by atoms with Crippen LogP contribution in [0.1, 0.15) is 17.5 Å². The molecule has 0 saturated carbocycles. The number of hydrogen-bond donors (Lipinski definition) is 0. The lowest BCUT2D eigenvalue weighted by atomic mass is 10.2. The first-order chi connectivity index (χ1) is 13.1. The maximum Gasteiger partial charge on any atom is 0.534 e. The summed E-state index contributed by atoms with van der Waals surface area (Å²) in [5.74, 6) is -0.157. The Hall–Kier alpha value is -2.76. The second-order valence-electron chi connectivity index (χ2n) is 5.86. The molecule has 1 aliphatic carbocycles. The summed E-state index contributed by atoms with van der Waals surface area (Å²) in [6, 6.07) is 4.29. The van der Waals surface area contributed by atoms with Crippen molar-refractivity contribution in [1.82, 2.24) is 9.78 Å². The molecule has 0 amide bonds. The minimum atomic E-state index is -5.93. The first-order valence-electron chi connectivity index (χ1n) is 7.97. The van der Waals surface area contributed by atoms with Crippen molar-refractivity contribution < 1.29 is 35.2 Å². The minimum Gasteiger partial charge on any atom is -0.493 e. The Morgan fingerprint density at radius 1 is 1.07 bits per heavy atom. The summed E-state index contributed by atoms with van der Waals surface area (Å²) in [6.45, 7) is 0. The van der Waals surface area contributed by atoms with Gasteiger partial charge in [0.15, 0.2) is 11.5 Å². The van der Waals surface area contributed by atoms with Crippen molar-refractivity contribution in [3.8, 4) is 23.1 Å². The number of rotatable bonds is 5. The number of fused-ring (bicyclic) bond motifs is 1. The summed E-state index contributed by atoms with van der Waals surface area (Å²) in [7, 11) is -3.16. The highest BCUT2D eigenvalue weighted by molar-refractivity contribution is 7.87. The molecule has 8 nitrogen and oxygen atoms in total. The van der Waals surface area contributed by atoms with Gasteiger partial charge < -0.3 is 13.7 Å². The molecule has 0 fully saturated rings. The summed E-state index contributed by atoms with van der Waals surface area (Å²) >= 11 is 0. The first-order valence-corrected chi connectivity index (χ1v) is 9.38. The Labute approximate surface area is 157 Å². The Morgan fingerprint density at radius 3 is 2.32 bits per heavy atom. The van der Waals surface area contributed by atoms with Gasteiger partial charge in [-0.1, -0.05) is 0 Å². The normalized spacial score (nSPS) is 13.9. The standard InChI is InChI=1S/C16H15F3N2O6S/c1-25-12-7-6-9(8-13(12)26-2)21-15(22)11-5-3-4-10(11)14(20-21)27-28(23,24)16(17,18)19/h6-8H,3-5H2,1-2H3. The van der Waals surface area contributed by atoms with E-state index >= 15 is 0 Å². The van der Waals surface area contributed by atoms with Gasteiger partial charge in [-0.3, -0.25) is 4.79 Å². The predicted octanol–water partition coefficient (Wildman–Crippen LogP) is 1.97. The Balaban J connectivity index is 2.18. The van der Waals surface area contributed by atoms with Gasteiger partial charge in [-0.05, 0) is 31.4 Å². The maximum atomic E-state index is 12.7. The number of nitrogens with zero attached hydrogens (tertiary/aromatic N) is 2. The van der Waals surface area contributed by atoms with Gasteiger partial charge >= 0.3 is 15.6 Å². The number of ether oxygens (including phenoxy) is 2. The van der Waals surface area contributed by atoms with E-state index in [1.807, 2.05) is 0 Å². The molecule has 1 aromatic carbocycles. The van der Waals surface area contributed by atoms with Crippen LogP contribution < -0.4 is 19.2 Å². The molecule has 0 N–H and O–H groups in total. The topological polar surface area (TPSA) is 96.7 Å². The lowest BCUT2D eigenvalue weighted by Crippen LogP contribution is -2.31. The molecule has 2 aromatic rings. The molecule has 3 rings (SSSR count). The Morgan fingerprint density at radius 2 is 1.71 bits per heavy atom. The largest absolute Gasteiger partial charge is 0.534 e. The highest BCUT2D eigenvalue weighted by Crippen LogP contribution is 2.33. The van der Waals surface area contributed by atoms with E-state index in [9.17, 15) is 26.4 Å². The van der Waals surface area contributed by atoms with Crippen molar-refractivity contribution in [3.05, 3.63) is 39.7 Å². The number of benzene rings is 1. The zero-order valence-electron chi connectivity index (χ0n) is 14.7.